The van der Waals surface area contributed by atoms with Crippen molar-refractivity contribution >= 4 is 45.0 Å². The molecule has 0 saturated carbocycles. The lowest BCUT2D eigenvalue weighted by molar-refractivity contribution is 0.234. The Bertz CT molecular complexity index is 765. The van der Waals surface area contributed by atoms with Crippen LogP contribution in [0.3, 0.4) is 0 Å². The molecule has 1 aromatic carbocycles. The number of amidine groups is 1. The van der Waals surface area contributed by atoms with Gasteiger partial charge in [-0.3, -0.25) is 10.7 Å². The number of benzene rings is 1. The lowest BCUT2D eigenvalue weighted by atomic mass is 10.3. The summed E-state index contributed by atoms with van der Waals surface area (Å²) < 4.78 is 18.2. The lowest BCUT2D eigenvalue weighted by Gasteiger charge is -2.05. The van der Waals surface area contributed by atoms with Crippen LogP contribution < -0.4 is 16.5 Å². The predicted molar refractivity (Wildman–Crippen MR) is 104 cm³/mol. The van der Waals surface area contributed by atoms with Crippen LogP contribution in [0.25, 0.3) is 0 Å². The Balaban J connectivity index is 0.000000765. The smallest absolute Gasteiger partial charge is 0.202 e. The van der Waals surface area contributed by atoms with Crippen molar-refractivity contribution in [2.75, 3.05) is 30.4 Å². The molecule has 0 amide bonds. The van der Waals surface area contributed by atoms with Gasteiger partial charge in [-0.25, -0.2) is 14.0 Å². The Hall–Kier alpha value is -2.13. The second kappa shape index (κ2) is 12.3. The van der Waals surface area contributed by atoms with Gasteiger partial charge in [0.15, 0.2) is 11.5 Å². The van der Waals surface area contributed by atoms with Crippen LogP contribution >= 0.6 is 27.7 Å². The zero-order chi connectivity index (χ0) is 19.4. The summed E-state index contributed by atoms with van der Waals surface area (Å²) in [5, 5.41) is 19.7. The highest BCUT2D eigenvalue weighted by atomic mass is 79.9. The first-order valence-corrected chi connectivity index (χ1v) is 9.39. The number of nitrogens with zero attached hydrogens (tertiary/aromatic N) is 3. The van der Waals surface area contributed by atoms with E-state index >= 15 is 0 Å². The average Bonchev–Trinajstić information content (AvgIpc) is 3.11. The molecular weight excluding hydrogens is 427 g/mol. The molecule has 0 radical (unpaired) electrons. The number of hydrogen-bond donors (Lipinski definition) is 4. The molecule has 0 bridgehead atoms. The van der Waals surface area contributed by atoms with Gasteiger partial charge in [0.2, 0.25) is 5.82 Å². The van der Waals surface area contributed by atoms with E-state index in [4.69, 9.17) is 5.73 Å². The second-order valence-corrected chi connectivity index (χ2v) is 6.30. The number of rotatable bonds is 6. The third kappa shape index (κ3) is 7.01. The van der Waals surface area contributed by atoms with Crippen molar-refractivity contribution in [3.63, 3.8) is 0 Å². The number of anilines is 1. The molecule has 0 unspecified atom stereocenters. The third-order valence-electron chi connectivity index (χ3n) is 2.68. The Labute approximate surface area is 162 Å². The molecule has 0 saturated heterocycles. The lowest BCUT2D eigenvalue weighted by Crippen LogP contribution is -2.22. The molecule has 5 N–H and O–H groups in total. The Kier molecular flexibility index (Phi) is 10.3. The fourth-order valence-corrected chi connectivity index (χ4v) is 2.22. The Morgan fingerprint density at radius 2 is 2.27 bits per heavy atom. The van der Waals surface area contributed by atoms with E-state index in [0.717, 1.165) is 5.75 Å². The number of halogens is 2. The second-order valence-electron chi connectivity index (χ2n) is 4.46. The van der Waals surface area contributed by atoms with Gasteiger partial charge in [0.25, 0.3) is 0 Å². The number of terminal acetylenes is 1. The summed E-state index contributed by atoms with van der Waals surface area (Å²) in [5.41, 5.74) is 7.39. The topological polar surface area (TPSA) is 122 Å². The van der Waals surface area contributed by atoms with Crippen molar-refractivity contribution in [1.29, 1.82) is 0 Å². The largest absolute Gasteiger partial charge is 0.364 e. The summed E-state index contributed by atoms with van der Waals surface area (Å²) in [6, 6.07) is 4.20. The maximum atomic E-state index is 13.2. The van der Waals surface area contributed by atoms with Crippen LogP contribution in [0.15, 0.2) is 32.3 Å². The molecule has 11 heteroatoms. The molecule has 26 heavy (non-hydrogen) atoms. The number of nitrogens with two attached hydrogens (primary N) is 1. The monoisotopic (exact) mass is 444 g/mol. The third-order valence-corrected chi connectivity index (χ3v) is 3.90. The van der Waals surface area contributed by atoms with E-state index in [-0.39, 0.29) is 16.0 Å². The zero-order valence-electron chi connectivity index (χ0n) is 13.9. The number of nitrogens with one attached hydrogen (secondary N) is 2. The SMILES string of the molecule is C#CCN.CSCCNc1nonc1C(=Nc1ccc(F)c(Br)c1)NO. The van der Waals surface area contributed by atoms with Gasteiger partial charge in [-0.1, -0.05) is 5.92 Å². The maximum Gasteiger partial charge on any atom is 0.202 e. The number of aliphatic imine (C=N–C) groups is 1. The highest BCUT2D eigenvalue weighted by molar-refractivity contribution is 9.10. The first-order valence-electron chi connectivity index (χ1n) is 7.20. The van der Waals surface area contributed by atoms with Crippen molar-refractivity contribution in [2.24, 2.45) is 10.7 Å². The van der Waals surface area contributed by atoms with Crippen molar-refractivity contribution in [2.45, 2.75) is 0 Å². The van der Waals surface area contributed by atoms with E-state index < -0.39 is 5.82 Å². The van der Waals surface area contributed by atoms with Crippen LogP contribution in [0.4, 0.5) is 15.9 Å². The molecule has 1 heterocycles. The zero-order valence-corrected chi connectivity index (χ0v) is 16.3. The van der Waals surface area contributed by atoms with Crippen LogP contribution in [0.5, 0.6) is 0 Å². The van der Waals surface area contributed by atoms with E-state index in [2.05, 4.69) is 53.5 Å². The minimum atomic E-state index is -0.403. The van der Waals surface area contributed by atoms with Crippen LogP contribution in [-0.2, 0) is 0 Å². The maximum absolute atomic E-state index is 13.2. The summed E-state index contributed by atoms with van der Waals surface area (Å²) in [7, 11) is 0. The first-order chi connectivity index (χ1) is 12.6. The molecule has 140 valence electrons. The number of hydrogen-bond acceptors (Lipinski definition) is 8. The molecule has 2 rings (SSSR count). The molecule has 0 spiro atoms. The Morgan fingerprint density at radius 3 is 2.85 bits per heavy atom. The van der Waals surface area contributed by atoms with Gasteiger partial charge in [0.1, 0.15) is 5.82 Å². The molecule has 0 atom stereocenters. The highest BCUT2D eigenvalue weighted by Crippen LogP contribution is 2.23. The van der Waals surface area contributed by atoms with E-state index in [1.165, 1.54) is 18.2 Å². The van der Waals surface area contributed by atoms with E-state index in [1.807, 2.05) is 11.7 Å². The van der Waals surface area contributed by atoms with Gasteiger partial charge in [0, 0.05) is 12.3 Å². The highest BCUT2D eigenvalue weighted by Gasteiger charge is 2.16. The molecule has 1 aromatic heterocycles. The van der Waals surface area contributed by atoms with Crippen molar-refractivity contribution in [1.82, 2.24) is 15.8 Å². The summed E-state index contributed by atoms with van der Waals surface area (Å²) >= 11 is 4.75. The van der Waals surface area contributed by atoms with Crippen LogP contribution in [-0.4, -0.2) is 46.5 Å². The average molecular weight is 445 g/mol. The van der Waals surface area contributed by atoms with E-state index in [9.17, 15) is 9.60 Å². The van der Waals surface area contributed by atoms with E-state index in [1.54, 1.807) is 11.8 Å². The number of hydroxylamine groups is 1. The molecule has 0 fully saturated rings. The molecule has 0 aliphatic rings. The fourth-order valence-electron chi connectivity index (χ4n) is 1.55. The molecule has 0 aliphatic heterocycles. The predicted octanol–water partition coefficient (Wildman–Crippen LogP) is 2.38. The molecule has 8 nitrogen and oxygen atoms in total. The minimum absolute atomic E-state index is 0.0337. The molecule has 2 aromatic rings. The summed E-state index contributed by atoms with van der Waals surface area (Å²) in [6.45, 7) is 1.00. The van der Waals surface area contributed by atoms with Crippen LogP contribution in [0.2, 0.25) is 0 Å². The fraction of sp³-hybridized carbons (Fsp3) is 0.267. The summed E-state index contributed by atoms with van der Waals surface area (Å²) in [6.07, 6.45) is 6.64. The van der Waals surface area contributed by atoms with Gasteiger partial charge in [-0.05, 0) is 50.7 Å². The first kappa shape index (κ1) is 21.9. The number of aromatic nitrogens is 2. The molecular formula is C15H18BrFN6O2S. The van der Waals surface area contributed by atoms with Gasteiger partial charge < -0.3 is 11.1 Å². The number of thioether (sulfide) groups is 1. The Morgan fingerprint density at radius 1 is 1.54 bits per heavy atom. The van der Waals surface area contributed by atoms with Crippen LogP contribution in [0, 0.1) is 18.2 Å². The quantitative estimate of drug-likeness (QED) is 0.176. The van der Waals surface area contributed by atoms with Crippen LogP contribution in [0.1, 0.15) is 5.69 Å². The van der Waals surface area contributed by atoms with Crippen molar-refractivity contribution in [3.05, 3.63) is 34.2 Å². The van der Waals surface area contributed by atoms with Gasteiger partial charge in [0.05, 0.1) is 16.7 Å². The van der Waals surface area contributed by atoms with E-state index in [0.29, 0.717) is 24.6 Å². The minimum Gasteiger partial charge on any atom is -0.364 e. The van der Waals surface area contributed by atoms with Crippen molar-refractivity contribution in [3.8, 4) is 12.3 Å². The van der Waals surface area contributed by atoms with Gasteiger partial charge in [-0.15, -0.1) is 6.42 Å². The standard InChI is InChI=1S/C12H13BrFN5O2S.C3H5N/c1-22-5-4-15-11-10(18-21-19-11)12(17-20)16-7-2-3-9(14)8(13)6-7;1-2-3-4/h2-3,6,20H,4-5H2,1H3,(H,15,19)(H,16,17);1H,3-4H2. The normalized spacial score (nSPS) is 10.5. The summed E-state index contributed by atoms with van der Waals surface area (Å²) in [4.78, 5) is 4.16. The van der Waals surface area contributed by atoms with Gasteiger partial charge >= 0.3 is 0 Å². The summed E-state index contributed by atoms with van der Waals surface area (Å²) in [5.74, 6) is 3.07. The molecule has 0 aliphatic carbocycles. The van der Waals surface area contributed by atoms with Crippen molar-refractivity contribution < 1.29 is 14.2 Å². The van der Waals surface area contributed by atoms with Gasteiger partial charge in [-0.2, -0.15) is 11.8 Å².